The Kier molecular flexibility index (Phi) is 5.40. The van der Waals surface area contributed by atoms with Crippen LogP contribution in [0.5, 0.6) is 5.75 Å². The van der Waals surface area contributed by atoms with Crippen molar-refractivity contribution in [3.05, 3.63) is 39.1 Å². The third-order valence-corrected chi connectivity index (χ3v) is 3.27. The molecule has 0 aliphatic heterocycles. The lowest BCUT2D eigenvalue weighted by atomic mass is 10.2. The number of amides is 1. The first kappa shape index (κ1) is 18.7. The summed E-state index contributed by atoms with van der Waals surface area (Å²) < 4.78 is 14.6. The molecule has 0 saturated carbocycles. The van der Waals surface area contributed by atoms with E-state index in [0.717, 1.165) is 7.11 Å². The van der Waals surface area contributed by atoms with Crippen molar-refractivity contribution in [2.45, 2.75) is 19.5 Å². The number of aromatic nitrogens is 1. The van der Waals surface area contributed by atoms with Crippen molar-refractivity contribution in [3.8, 4) is 5.75 Å². The van der Waals surface area contributed by atoms with Gasteiger partial charge in [-0.25, -0.2) is 14.2 Å². The molecule has 2 rings (SSSR count). The molecule has 0 spiro atoms. The van der Waals surface area contributed by atoms with Crippen LogP contribution in [0.2, 0.25) is 0 Å². The molecule has 11 nitrogen and oxygen atoms in total. The van der Waals surface area contributed by atoms with Gasteiger partial charge < -0.3 is 24.3 Å². The average molecular weight is 366 g/mol. The van der Waals surface area contributed by atoms with Crippen molar-refractivity contribution in [2.75, 3.05) is 7.11 Å². The number of para-hydroxylation sites is 1. The summed E-state index contributed by atoms with van der Waals surface area (Å²) in [6.07, 6.45) is -1.08. The maximum absolute atomic E-state index is 12.4. The predicted molar refractivity (Wildman–Crippen MR) is 85.0 cm³/mol. The summed E-state index contributed by atoms with van der Waals surface area (Å²) in [4.78, 5) is 58.3. The molecule has 2 aromatic rings. The highest BCUT2D eigenvalue weighted by molar-refractivity contribution is 5.85. The Morgan fingerprint density at radius 3 is 2.62 bits per heavy atom. The van der Waals surface area contributed by atoms with E-state index < -0.39 is 41.9 Å². The number of nitrogens with zero attached hydrogens (tertiary/aromatic N) is 1. The summed E-state index contributed by atoms with van der Waals surface area (Å²) in [5.41, 5.74) is -1.16. The second kappa shape index (κ2) is 7.51. The zero-order chi connectivity index (χ0) is 19.4. The van der Waals surface area contributed by atoms with Gasteiger partial charge in [-0.05, 0) is 19.1 Å². The first-order valence-electron chi connectivity index (χ1n) is 7.19. The number of hydrogen-bond donors (Lipinski definition) is 2. The standard InChI is InChI=1S/C15H14N2O9/c1-7(13(20)21)16-10(18)6-17-12(19)8-4-3-5-9(25-15(23)24-2)11(8)26-14(17)22/h3-5,7H,6H2,1-2H3,(H,16,18)(H,20,21)/t7-/m0/s1. The van der Waals surface area contributed by atoms with Crippen molar-refractivity contribution in [1.82, 2.24) is 9.88 Å². The number of hydrogen-bond acceptors (Lipinski definition) is 8. The van der Waals surface area contributed by atoms with Crippen molar-refractivity contribution in [3.63, 3.8) is 0 Å². The van der Waals surface area contributed by atoms with E-state index in [2.05, 4.69) is 10.1 Å². The highest BCUT2D eigenvalue weighted by atomic mass is 16.7. The van der Waals surface area contributed by atoms with Crippen LogP contribution < -0.4 is 21.4 Å². The Morgan fingerprint density at radius 2 is 2.00 bits per heavy atom. The Labute approximate surface area is 144 Å². The number of carbonyl (C=O) groups is 3. The first-order valence-corrected chi connectivity index (χ1v) is 7.19. The van der Waals surface area contributed by atoms with E-state index >= 15 is 0 Å². The summed E-state index contributed by atoms with van der Waals surface area (Å²) in [5, 5.41) is 10.7. The summed E-state index contributed by atoms with van der Waals surface area (Å²) in [6.45, 7) is 0.485. The fraction of sp³-hybridized carbons (Fsp3) is 0.267. The number of carboxylic acid groups (broad SMARTS) is 1. The second-order valence-corrected chi connectivity index (χ2v) is 5.08. The van der Waals surface area contributed by atoms with Gasteiger partial charge in [0.15, 0.2) is 11.3 Å². The Balaban J connectivity index is 2.43. The van der Waals surface area contributed by atoms with E-state index in [1.165, 1.54) is 25.1 Å². The topological polar surface area (TPSA) is 154 Å². The second-order valence-electron chi connectivity index (χ2n) is 5.08. The number of nitrogens with one attached hydrogen (secondary N) is 1. The molecule has 0 aliphatic rings. The van der Waals surface area contributed by atoms with Gasteiger partial charge in [-0.15, -0.1) is 0 Å². The quantitative estimate of drug-likeness (QED) is 0.535. The lowest BCUT2D eigenvalue weighted by molar-refractivity contribution is -0.141. The van der Waals surface area contributed by atoms with Crippen molar-refractivity contribution in [1.29, 1.82) is 0 Å². The van der Waals surface area contributed by atoms with E-state index in [9.17, 15) is 24.0 Å². The summed E-state index contributed by atoms with van der Waals surface area (Å²) in [5.74, 6) is -3.53. The lowest BCUT2D eigenvalue weighted by Gasteiger charge is -2.10. The van der Waals surface area contributed by atoms with E-state index in [0.29, 0.717) is 4.57 Å². The first-order chi connectivity index (χ1) is 12.2. The molecule has 2 N–H and O–H groups in total. The molecule has 26 heavy (non-hydrogen) atoms. The number of ether oxygens (including phenoxy) is 2. The van der Waals surface area contributed by atoms with Crippen molar-refractivity contribution < 1.29 is 33.4 Å². The number of carboxylic acids is 1. The number of benzene rings is 1. The van der Waals surface area contributed by atoms with Crippen LogP contribution in [-0.2, 0) is 20.9 Å². The number of carbonyl (C=O) groups excluding carboxylic acids is 2. The number of aliphatic carboxylic acids is 1. The molecule has 0 unspecified atom stereocenters. The van der Waals surface area contributed by atoms with Gasteiger partial charge in [0.2, 0.25) is 5.91 Å². The molecule has 11 heteroatoms. The number of rotatable bonds is 5. The Bertz CT molecular complexity index is 989. The van der Waals surface area contributed by atoms with Crippen LogP contribution in [0.15, 0.2) is 32.2 Å². The molecule has 1 amide bonds. The molecule has 1 aromatic heterocycles. The zero-order valence-corrected chi connectivity index (χ0v) is 13.7. The highest BCUT2D eigenvalue weighted by Crippen LogP contribution is 2.22. The summed E-state index contributed by atoms with van der Waals surface area (Å²) in [7, 11) is 1.08. The van der Waals surface area contributed by atoms with E-state index in [4.69, 9.17) is 14.3 Å². The molecule has 0 fully saturated rings. The SMILES string of the molecule is COC(=O)Oc1cccc2c(=O)n(CC(=O)N[C@@H](C)C(=O)O)c(=O)oc12. The summed E-state index contributed by atoms with van der Waals surface area (Å²) >= 11 is 0. The minimum absolute atomic E-state index is 0.120. The maximum Gasteiger partial charge on any atom is 0.513 e. The molecule has 0 bridgehead atoms. The zero-order valence-electron chi connectivity index (χ0n) is 13.7. The molecule has 138 valence electrons. The van der Waals surface area contributed by atoms with Gasteiger partial charge in [0, 0.05) is 0 Å². The normalized spacial score (nSPS) is 11.6. The summed E-state index contributed by atoms with van der Waals surface area (Å²) in [6, 6.07) is 2.76. The Morgan fingerprint density at radius 1 is 1.31 bits per heavy atom. The minimum Gasteiger partial charge on any atom is -0.480 e. The van der Waals surface area contributed by atoms with Gasteiger partial charge in [0.25, 0.3) is 5.56 Å². The maximum atomic E-state index is 12.4. The molecular formula is C15H14N2O9. The van der Waals surface area contributed by atoms with Crippen LogP contribution >= 0.6 is 0 Å². The molecule has 1 atom stereocenters. The van der Waals surface area contributed by atoms with Crippen LogP contribution in [0.4, 0.5) is 4.79 Å². The average Bonchev–Trinajstić information content (AvgIpc) is 2.59. The number of fused-ring (bicyclic) bond motifs is 1. The molecular weight excluding hydrogens is 352 g/mol. The van der Waals surface area contributed by atoms with Crippen LogP contribution in [0, 0.1) is 0 Å². The minimum atomic E-state index is -1.28. The van der Waals surface area contributed by atoms with Gasteiger partial charge in [0.05, 0.1) is 12.5 Å². The number of methoxy groups -OCH3 is 1. The van der Waals surface area contributed by atoms with Crippen LogP contribution in [0.25, 0.3) is 11.0 Å². The predicted octanol–water partition coefficient (Wildman–Crippen LogP) is -0.311. The van der Waals surface area contributed by atoms with Gasteiger partial charge in [0.1, 0.15) is 12.6 Å². The molecule has 1 aromatic carbocycles. The smallest absolute Gasteiger partial charge is 0.480 e. The molecule has 0 saturated heterocycles. The largest absolute Gasteiger partial charge is 0.513 e. The molecule has 0 radical (unpaired) electrons. The lowest BCUT2D eigenvalue weighted by Crippen LogP contribution is -2.44. The monoisotopic (exact) mass is 366 g/mol. The van der Waals surface area contributed by atoms with E-state index in [1.807, 2.05) is 0 Å². The third kappa shape index (κ3) is 3.88. The van der Waals surface area contributed by atoms with Crippen LogP contribution in [0.1, 0.15) is 6.92 Å². The van der Waals surface area contributed by atoms with Crippen molar-refractivity contribution in [2.24, 2.45) is 0 Å². The van der Waals surface area contributed by atoms with Gasteiger partial charge in [-0.1, -0.05) is 6.07 Å². The van der Waals surface area contributed by atoms with E-state index in [1.54, 1.807) is 0 Å². The van der Waals surface area contributed by atoms with Gasteiger partial charge >= 0.3 is 17.9 Å². The fourth-order valence-corrected chi connectivity index (χ4v) is 2.00. The molecule has 0 aliphatic carbocycles. The Hall–Kier alpha value is -3.63. The molecule has 1 heterocycles. The van der Waals surface area contributed by atoms with Crippen molar-refractivity contribution >= 4 is 29.0 Å². The van der Waals surface area contributed by atoms with Gasteiger partial charge in [-0.3, -0.25) is 14.4 Å². The van der Waals surface area contributed by atoms with Crippen LogP contribution in [0.3, 0.4) is 0 Å². The van der Waals surface area contributed by atoms with Crippen LogP contribution in [-0.4, -0.2) is 40.9 Å². The third-order valence-electron chi connectivity index (χ3n) is 3.27. The fourth-order valence-electron chi connectivity index (χ4n) is 2.00. The van der Waals surface area contributed by atoms with E-state index in [-0.39, 0.29) is 16.7 Å². The van der Waals surface area contributed by atoms with Gasteiger partial charge in [-0.2, -0.15) is 0 Å². The highest BCUT2D eigenvalue weighted by Gasteiger charge is 2.19.